The zero-order valence-electron chi connectivity index (χ0n) is 37.9. The van der Waals surface area contributed by atoms with Crippen LogP contribution >= 0.6 is 0 Å². The van der Waals surface area contributed by atoms with Gasteiger partial charge in [0.2, 0.25) is 11.9 Å². The summed E-state index contributed by atoms with van der Waals surface area (Å²) < 4.78 is 6.09. The first-order chi connectivity index (χ1) is 31.0. The molecule has 0 radical (unpaired) electrons. The smallest absolute Gasteiger partial charge is 0.257 e. The van der Waals surface area contributed by atoms with Crippen molar-refractivity contribution >= 4 is 35.4 Å². The molecule has 14 heteroatoms. The number of benzene rings is 5. The zero-order valence-corrected chi connectivity index (χ0v) is 37.9. The number of nitrogens with one attached hydrogen (secondary N) is 6. The standard InChI is InChI=1S/C29H31N5O2.C22H25N5O2/c1-20-14-16-22(17-15-20)27(35)31-28(32-29(2,3)4)30-26-18-24(33-34-26)23-12-8-9-13-25(23)36-19-21-10-6-5-7-11-21;1-14-9-11-15(12-10-14)20(29)24-21(25-22(2,3)4)23-19-13-17(26-27-19)16-7-5-6-8-18(16)28/h5-18H,19H2,1-4H3,(H3,30,31,32,33,34,35);5-13,28H,1-4H3,(H3,23,24,25,26,27,29). The lowest BCUT2D eigenvalue weighted by atomic mass is 10.1. The maximum atomic E-state index is 12.8. The predicted octanol–water partition coefficient (Wildman–Crippen LogP) is 10.0. The highest BCUT2D eigenvalue weighted by atomic mass is 16.5. The molecule has 7 N–H and O–H groups in total. The van der Waals surface area contributed by atoms with Gasteiger partial charge >= 0.3 is 0 Å². The molecule has 0 unspecified atom stereocenters. The highest BCUT2D eigenvalue weighted by molar-refractivity contribution is 6.10. The summed E-state index contributed by atoms with van der Waals surface area (Å²) in [5.41, 5.74) is 6.45. The molecule has 0 fully saturated rings. The van der Waals surface area contributed by atoms with Crippen molar-refractivity contribution in [2.24, 2.45) is 9.98 Å². The van der Waals surface area contributed by atoms with Crippen molar-refractivity contribution in [1.29, 1.82) is 0 Å². The Hall–Kier alpha value is -8.00. The van der Waals surface area contributed by atoms with E-state index in [1.54, 1.807) is 48.5 Å². The van der Waals surface area contributed by atoms with Gasteiger partial charge < -0.3 is 20.5 Å². The molecule has 7 rings (SSSR count). The van der Waals surface area contributed by atoms with E-state index in [1.807, 2.05) is 146 Å². The van der Waals surface area contributed by atoms with E-state index in [-0.39, 0.29) is 17.6 Å². The fourth-order valence-corrected chi connectivity index (χ4v) is 6.16. The van der Waals surface area contributed by atoms with E-state index in [2.05, 4.69) is 51.6 Å². The topological polar surface area (TPSA) is 194 Å². The fraction of sp³-hybridized carbons (Fsp3) is 0.216. The minimum atomic E-state index is -0.417. The van der Waals surface area contributed by atoms with Crippen molar-refractivity contribution in [3.8, 4) is 34.0 Å². The summed E-state index contributed by atoms with van der Waals surface area (Å²) in [5, 5.41) is 36.5. The van der Waals surface area contributed by atoms with Gasteiger partial charge in [0.25, 0.3) is 11.8 Å². The molecule has 334 valence electrons. The number of para-hydroxylation sites is 2. The summed E-state index contributed by atoms with van der Waals surface area (Å²) in [6.07, 6.45) is 0. The number of amides is 2. The number of nitrogens with zero attached hydrogens (tertiary/aromatic N) is 4. The average molecular weight is 873 g/mol. The molecule has 0 bridgehead atoms. The minimum absolute atomic E-state index is 0.152. The Morgan fingerprint density at radius 2 is 1.02 bits per heavy atom. The second-order valence-electron chi connectivity index (χ2n) is 17.3. The van der Waals surface area contributed by atoms with E-state index in [4.69, 9.17) is 4.74 Å². The molecular weight excluding hydrogens is 817 g/mol. The summed E-state index contributed by atoms with van der Waals surface area (Å²) in [5.74, 6) is 1.98. The van der Waals surface area contributed by atoms with Crippen LogP contribution in [-0.2, 0) is 6.61 Å². The highest BCUT2D eigenvalue weighted by Gasteiger charge is 2.18. The number of phenols is 1. The van der Waals surface area contributed by atoms with Crippen molar-refractivity contribution < 1.29 is 19.4 Å². The maximum Gasteiger partial charge on any atom is 0.257 e. The van der Waals surface area contributed by atoms with Crippen LogP contribution < -0.4 is 26.0 Å². The van der Waals surface area contributed by atoms with Gasteiger partial charge in [-0.05, 0) is 109 Å². The predicted molar refractivity (Wildman–Crippen MR) is 259 cm³/mol. The van der Waals surface area contributed by atoms with Gasteiger partial charge in [-0.1, -0.05) is 90.0 Å². The van der Waals surface area contributed by atoms with Gasteiger partial charge in [-0.15, -0.1) is 0 Å². The average Bonchev–Trinajstić information content (AvgIpc) is 3.93. The summed E-state index contributed by atoms with van der Waals surface area (Å²) in [7, 11) is 0. The third-order valence-electron chi connectivity index (χ3n) is 9.24. The number of aromatic nitrogens is 4. The first kappa shape index (κ1) is 46.5. The SMILES string of the molecule is Cc1ccc(C(=O)NC(=NC(C)(C)C)Nc2cc(-c3ccccc3O)[nH]n2)cc1.Cc1ccc(C(=O)NC(=NC(C)(C)C)Nc2cc(-c3ccccc3OCc3ccccc3)[nH]n2)cc1. The van der Waals surface area contributed by atoms with Gasteiger partial charge in [0.1, 0.15) is 18.1 Å². The lowest BCUT2D eigenvalue weighted by molar-refractivity contribution is 0.0968. The van der Waals surface area contributed by atoms with Crippen LogP contribution in [0.2, 0.25) is 0 Å². The molecule has 2 amide bonds. The molecule has 0 spiro atoms. The van der Waals surface area contributed by atoms with Crippen LogP contribution in [0, 0.1) is 13.8 Å². The molecule has 2 heterocycles. The van der Waals surface area contributed by atoms with Crippen molar-refractivity contribution in [3.63, 3.8) is 0 Å². The lowest BCUT2D eigenvalue weighted by Crippen LogP contribution is -2.38. The summed E-state index contributed by atoms with van der Waals surface area (Å²) in [6, 6.07) is 43.1. The Morgan fingerprint density at radius 1 is 0.585 bits per heavy atom. The molecule has 0 atom stereocenters. The molecule has 0 aliphatic carbocycles. The van der Waals surface area contributed by atoms with Crippen molar-refractivity contribution in [2.75, 3.05) is 10.6 Å². The molecule has 2 aromatic heterocycles. The molecule has 0 saturated heterocycles. The van der Waals surface area contributed by atoms with Gasteiger partial charge in [-0.2, -0.15) is 10.2 Å². The van der Waals surface area contributed by atoms with Crippen LogP contribution in [0.5, 0.6) is 11.5 Å². The summed E-state index contributed by atoms with van der Waals surface area (Å²) in [6.45, 7) is 16.1. The van der Waals surface area contributed by atoms with E-state index in [0.717, 1.165) is 33.7 Å². The first-order valence-electron chi connectivity index (χ1n) is 21.1. The number of aromatic hydroxyl groups is 1. The number of phenolic OH excluding ortho intramolecular Hbond substituents is 1. The molecule has 0 aliphatic heterocycles. The number of ether oxygens (including phenoxy) is 1. The van der Waals surface area contributed by atoms with E-state index >= 15 is 0 Å². The number of rotatable bonds is 9. The second kappa shape index (κ2) is 20.9. The van der Waals surface area contributed by atoms with E-state index in [0.29, 0.717) is 52.5 Å². The largest absolute Gasteiger partial charge is 0.507 e. The molecule has 5 aromatic carbocycles. The molecule has 65 heavy (non-hydrogen) atoms. The number of guanidine groups is 2. The molecule has 14 nitrogen and oxygen atoms in total. The van der Waals surface area contributed by atoms with Crippen molar-refractivity contribution in [3.05, 3.63) is 167 Å². The van der Waals surface area contributed by atoms with E-state index < -0.39 is 11.1 Å². The van der Waals surface area contributed by atoms with Crippen LogP contribution in [0.1, 0.15) is 78.9 Å². The van der Waals surface area contributed by atoms with Crippen molar-refractivity contribution in [1.82, 2.24) is 31.0 Å². The molecular formula is C51H56N10O4. The maximum absolute atomic E-state index is 12.8. The van der Waals surface area contributed by atoms with Gasteiger partial charge in [0.05, 0.1) is 22.5 Å². The van der Waals surface area contributed by atoms with Crippen LogP contribution in [0.15, 0.2) is 150 Å². The number of H-pyrrole nitrogens is 2. The number of carbonyl (C=O) groups is 2. The molecule has 7 aromatic rings. The Morgan fingerprint density at radius 3 is 1.49 bits per heavy atom. The third-order valence-corrected chi connectivity index (χ3v) is 9.24. The van der Waals surface area contributed by atoms with Crippen molar-refractivity contribution in [2.45, 2.75) is 73.1 Å². The minimum Gasteiger partial charge on any atom is -0.507 e. The number of aryl methyl sites for hydroxylation is 2. The molecule has 0 aliphatic rings. The van der Waals surface area contributed by atoms with Crippen LogP contribution in [-0.4, -0.2) is 60.3 Å². The Bertz CT molecular complexity index is 2740. The van der Waals surface area contributed by atoms with Gasteiger partial charge in [-0.3, -0.25) is 30.4 Å². The van der Waals surface area contributed by atoms with Crippen LogP contribution in [0.25, 0.3) is 22.5 Å². The van der Waals surface area contributed by atoms with E-state index in [1.165, 1.54) is 0 Å². The lowest BCUT2D eigenvalue weighted by Gasteiger charge is -2.17. The number of hydrogen-bond acceptors (Lipinski definition) is 8. The van der Waals surface area contributed by atoms with Gasteiger partial charge in [-0.25, -0.2) is 9.98 Å². The Kier molecular flexibility index (Phi) is 15.0. The van der Waals surface area contributed by atoms with E-state index in [9.17, 15) is 14.7 Å². The number of hydrogen-bond donors (Lipinski definition) is 7. The van der Waals surface area contributed by atoms with Gasteiger partial charge in [0.15, 0.2) is 11.6 Å². The number of aliphatic imine (C=N–C) groups is 2. The monoisotopic (exact) mass is 872 g/mol. The zero-order chi connectivity index (χ0) is 46.6. The van der Waals surface area contributed by atoms with Crippen LogP contribution in [0.3, 0.4) is 0 Å². The summed E-state index contributed by atoms with van der Waals surface area (Å²) in [4.78, 5) is 34.6. The van der Waals surface area contributed by atoms with Crippen LogP contribution in [0.4, 0.5) is 11.6 Å². The third kappa shape index (κ3) is 14.3. The first-order valence-corrected chi connectivity index (χ1v) is 21.1. The number of anilines is 2. The number of carbonyl (C=O) groups excluding carboxylic acids is 2. The highest BCUT2D eigenvalue weighted by Crippen LogP contribution is 2.31. The fourth-order valence-electron chi connectivity index (χ4n) is 6.16. The second-order valence-corrected chi connectivity index (χ2v) is 17.3. The Balaban J connectivity index is 0.000000221. The van der Waals surface area contributed by atoms with Gasteiger partial charge in [0, 0.05) is 34.4 Å². The Labute approximate surface area is 379 Å². The quantitative estimate of drug-likeness (QED) is 0.0550. The summed E-state index contributed by atoms with van der Waals surface area (Å²) >= 11 is 0. The number of aromatic amines is 2. The normalized spacial score (nSPS) is 11.8. The molecule has 0 saturated carbocycles.